The van der Waals surface area contributed by atoms with Crippen molar-refractivity contribution in [2.24, 2.45) is 0 Å². The maximum Gasteiger partial charge on any atom is 0.163 e. The van der Waals surface area contributed by atoms with Crippen molar-refractivity contribution in [1.82, 2.24) is 4.98 Å². The molecule has 0 atom stereocenters. The van der Waals surface area contributed by atoms with Crippen molar-refractivity contribution in [3.05, 3.63) is 59.9 Å². The maximum absolute atomic E-state index is 13.3. The second-order valence-electron chi connectivity index (χ2n) is 3.31. The minimum absolute atomic E-state index is 0.231. The van der Waals surface area contributed by atoms with Gasteiger partial charge in [-0.15, -0.1) is 0 Å². The number of hydrogen-bond donors (Lipinski definition) is 1. The lowest BCUT2D eigenvalue weighted by Crippen LogP contribution is -2.03. The fourth-order valence-electron chi connectivity index (χ4n) is 1.35. The summed E-state index contributed by atoms with van der Waals surface area (Å²) >= 11 is 0. The fourth-order valence-corrected chi connectivity index (χ4v) is 1.35. The van der Waals surface area contributed by atoms with E-state index in [-0.39, 0.29) is 6.54 Å². The molecule has 1 aromatic carbocycles. The zero-order valence-corrected chi connectivity index (χ0v) is 8.45. The minimum Gasteiger partial charge on any atom is -0.380 e. The van der Waals surface area contributed by atoms with Gasteiger partial charge in [0.2, 0.25) is 0 Å². The van der Waals surface area contributed by atoms with Gasteiger partial charge in [0, 0.05) is 24.5 Å². The number of nitrogens with zero attached hydrogens (tertiary/aromatic N) is 1. The van der Waals surface area contributed by atoms with Crippen molar-refractivity contribution < 1.29 is 8.78 Å². The molecule has 0 radical (unpaired) electrons. The molecular weight excluding hydrogens is 210 g/mol. The van der Waals surface area contributed by atoms with Crippen LogP contribution in [0.15, 0.2) is 42.7 Å². The fraction of sp³-hybridized carbons (Fsp3) is 0.0833. The van der Waals surface area contributed by atoms with E-state index >= 15 is 0 Å². The molecule has 4 heteroatoms. The zero-order valence-electron chi connectivity index (χ0n) is 8.45. The average Bonchev–Trinajstić information content (AvgIpc) is 2.32. The van der Waals surface area contributed by atoms with Gasteiger partial charge in [-0.2, -0.15) is 0 Å². The number of anilines is 1. The van der Waals surface area contributed by atoms with Crippen LogP contribution in [-0.2, 0) is 6.54 Å². The van der Waals surface area contributed by atoms with Crippen LogP contribution < -0.4 is 5.32 Å². The van der Waals surface area contributed by atoms with E-state index in [1.54, 1.807) is 24.5 Å². The quantitative estimate of drug-likeness (QED) is 0.860. The van der Waals surface area contributed by atoms with Crippen LogP contribution in [-0.4, -0.2) is 4.98 Å². The summed E-state index contributed by atoms with van der Waals surface area (Å²) in [7, 11) is 0. The topological polar surface area (TPSA) is 24.9 Å². The van der Waals surface area contributed by atoms with E-state index in [1.807, 2.05) is 6.07 Å². The third-order valence-corrected chi connectivity index (χ3v) is 2.18. The molecule has 0 spiro atoms. The van der Waals surface area contributed by atoms with Gasteiger partial charge in [-0.05, 0) is 18.2 Å². The molecule has 0 bridgehead atoms. The van der Waals surface area contributed by atoms with Crippen LogP contribution >= 0.6 is 0 Å². The molecule has 1 N–H and O–H groups in total. The highest BCUT2D eigenvalue weighted by molar-refractivity contribution is 5.40. The number of rotatable bonds is 3. The molecule has 1 aromatic heterocycles. The van der Waals surface area contributed by atoms with Crippen LogP contribution in [0.5, 0.6) is 0 Å². The van der Waals surface area contributed by atoms with E-state index in [9.17, 15) is 8.78 Å². The molecule has 1 heterocycles. The Morgan fingerprint density at radius 2 is 2.00 bits per heavy atom. The molecule has 82 valence electrons. The Kier molecular flexibility index (Phi) is 3.10. The Balaban J connectivity index is 2.08. The largest absolute Gasteiger partial charge is 0.380 e. The number of halogens is 2. The van der Waals surface area contributed by atoms with Crippen LogP contribution in [0.4, 0.5) is 14.5 Å². The molecule has 2 aromatic rings. The molecule has 16 heavy (non-hydrogen) atoms. The Morgan fingerprint density at radius 1 is 1.12 bits per heavy atom. The van der Waals surface area contributed by atoms with Crippen LogP contribution in [0.2, 0.25) is 0 Å². The zero-order chi connectivity index (χ0) is 11.4. The Hall–Kier alpha value is -1.97. The molecule has 2 rings (SSSR count). The first-order chi connectivity index (χ1) is 7.77. The summed E-state index contributed by atoms with van der Waals surface area (Å²) in [5.74, 6) is -1.63. The highest BCUT2D eigenvalue weighted by Crippen LogP contribution is 2.13. The monoisotopic (exact) mass is 220 g/mol. The third kappa shape index (κ3) is 2.34. The summed E-state index contributed by atoms with van der Waals surface area (Å²) in [5.41, 5.74) is 1.06. The lowest BCUT2D eigenvalue weighted by atomic mass is 10.2. The van der Waals surface area contributed by atoms with E-state index in [4.69, 9.17) is 0 Å². The SMILES string of the molecule is Fc1cccc(CNc2cccnc2)c1F. The Morgan fingerprint density at radius 3 is 2.75 bits per heavy atom. The normalized spacial score (nSPS) is 10.1. The molecule has 0 unspecified atom stereocenters. The van der Waals surface area contributed by atoms with Crippen molar-refractivity contribution in [3.8, 4) is 0 Å². The van der Waals surface area contributed by atoms with Gasteiger partial charge < -0.3 is 5.32 Å². The number of hydrogen-bond acceptors (Lipinski definition) is 2. The predicted octanol–water partition coefficient (Wildman–Crippen LogP) is 2.97. The summed E-state index contributed by atoms with van der Waals surface area (Å²) in [5, 5.41) is 2.96. The van der Waals surface area contributed by atoms with Gasteiger partial charge in [0.1, 0.15) is 0 Å². The van der Waals surface area contributed by atoms with Gasteiger partial charge in [0.05, 0.1) is 5.69 Å². The summed E-state index contributed by atoms with van der Waals surface area (Å²) in [6.07, 6.45) is 3.27. The van der Waals surface area contributed by atoms with Crippen LogP contribution in [0.1, 0.15) is 5.56 Å². The van der Waals surface area contributed by atoms with Gasteiger partial charge >= 0.3 is 0 Å². The molecule has 0 fully saturated rings. The highest BCUT2D eigenvalue weighted by Gasteiger charge is 2.06. The van der Waals surface area contributed by atoms with Crippen LogP contribution in [0, 0.1) is 11.6 Å². The molecule has 0 aliphatic carbocycles. The molecule has 2 nitrogen and oxygen atoms in total. The van der Waals surface area contributed by atoms with Gasteiger partial charge in [-0.25, -0.2) is 8.78 Å². The molecule has 0 saturated carbocycles. The number of benzene rings is 1. The predicted molar refractivity (Wildman–Crippen MR) is 57.9 cm³/mol. The van der Waals surface area contributed by atoms with E-state index < -0.39 is 11.6 Å². The number of aromatic nitrogens is 1. The van der Waals surface area contributed by atoms with Crippen LogP contribution in [0.25, 0.3) is 0 Å². The van der Waals surface area contributed by atoms with Crippen molar-refractivity contribution in [3.63, 3.8) is 0 Å². The minimum atomic E-state index is -0.828. The van der Waals surface area contributed by atoms with Crippen molar-refractivity contribution in [2.45, 2.75) is 6.54 Å². The molecule has 0 saturated heterocycles. The standard InChI is InChI=1S/C12H10F2N2/c13-11-5-1-3-9(12(11)14)7-16-10-4-2-6-15-8-10/h1-6,8,16H,7H2. The van der Waals surface area contributed by atoms with Crippen molar-refractivity contribution in [1.29, 1.82) is 0 Å². The van der Waals surface area contributed by atoms with E-state index in [0.717, 1.165) is 11.8 Å². The number of nitrogens with one attached hydrogen (secondary N) is 1. The van der Waals surface area contributed by atoms with Crippen LogP contribution in [0.3, 0.4) is 0 Å². The van der Waals surface area contributed by atoms with Gasteiger partial charge in [0.15, 0.2) is 11.6 Å². The smallest absolute Gasteiger partial charge is 0.163 e. The number of pyridine rings is 1. The second kappa shape index (κ2) is 4.70. The first-order valence-electron chi connectivity index (χ1n) is 4.84. The Labute approximate surface area is 92.0 Å². The van der Waals surface area contributed by atoms with Crippen molar-refractivity contribution >= 4 is 5.69 Å². The first-order valence-corrected chi connectivity index (χ1v) is 4.84. The first kappa shape index (κ1) is 10.5. The summed E-state index contributed by atoms with van der Waals surface area (Å²) in [4.78, 5) is 3.91. The lowest BCUT2D eigenvalue weighted by molar-refractivity contribution is 0.500. The van der Waals surface area contributed by atoms with E-state index in [0.29, 0.717) is 5.56 Å². The van der Waals surface area contributed by atoms with Gasteiger partial charge in [-0.1, -0.05) is 12.1 Å². The second-order valence-corrected chi connectivity index (χ2v) is 3.31. The molecular formula is C12H10F2N2. The highest BCUT2D eigenvalue weighted by atomic mass is 19.2. The summed E-state index contributed by atoms with van der Waals surface area (Å²) in [6, 6.07) is 7.71. The van der Waals surface area contributed by atoms with Gasteiger partial charge in [-0.3, -0.25) is 4.98 Å². The third-order valence-electron chi connectivity index (χ3n) is 2.18. The molecule has 0 aliphatic heterocycles. The molecule has 0 amide bonds. The van der Waals surface area contributed by atoms with Crippen molar-refractivity contribution in [2.75, 3.05) is 5.32 Å². The summed E-state index contributed by atoms with van der Waals surface area (Å²) < 4.78 is 26.2. The van der Waals surface area contributed by atoms with E-state index in [2.05, 4.69) is 10.3 Å². The van der Waals surface area contributed by atoms with Gasteiger partial charge in [0.25, 0.3) is 0 Å². The maximum atomic E-state index is 13.3. The molecule has 0 aliphatic rings. The van der Waals surface area contributed by atoms with E-state index in [1.165, 1.54) is 6.07 Å². The lowest BCUT2D eigenvalue weighted by Gasteiger charge is -2.06. The summed E-state index contributed by atoms with van der Waals surface area (Å²) in [6.45, 7) is 0.231. The average molecular weight is 220 g/mol. The Bertz CT molecular complexity index is 472.